The molecule has 3 N–H and O–H groups in total. The third-order valence-corrected chi connectivity index (χ3v) is 2.77. The highest BCUT2D eigenvalue weighted by atomic mass is 14.9. The Morgan fingerprint density at radius 1 is 1.41 bits per heavy atom. The quantitative estimate of drug-likeness (QED) is 0.768. The molecule has 0 fully saturated rings. The van der Waals surface area contributed by atoms with Crippen LogP contribution in [0.3, 0.4) is 0 Å². The molecule has 0 radical (unpaired) electrons. The molecule has 1 heterocycles. The highest BCUT2D eigenvalue weighted by molar-refractivity contribution is 5.79. The van der Waals surface area contributed by atoms with Gasteiger partial charge in [-0.25, -0.2) is 0 Å². The van der Waals surface area contributed by atoms with Gasteiger partial charge in [-0.2, -0.15) is 0 Å². The Morgan fingerprint density at radius 3 is 3.06 bits per heavy atom. The van der Waals surface area contributed by atoms with Crippen LogP contribution in [0.1, 0.15) is 11.6 Å². The molecule has 0 aliphatic heterocycles. The van der Waals surface area contributed by atoms with Gasteiger partial charge in [0.15, 0.2) is 0 Å². The smallest absolute Gasteiger partial charge is 0.0702 e. The van der Waals surface area contributed by atoms with Crippen LogP contribution in [0.4, 0.5) is 0 Å². The molecule has 88 valence electrons. The number of nitrogens with zero attached hydrogens (tertiary/aromatic N) is 1. The Balaban J connectivity index is 2.30. The number of fused-ring (bicyclic) bond motifs is 1. The second-order valence-electron chi connectivity index (χ2n) is 3.94. The number of pyridine rings is 1. The maximum absolute atomic E-state index is 5.78. The Labute approximate surface area is 101 Å². The van der Waals surface area contributed by atoms with Gasteiger partial charge < -0.3 is 11.1 Å². The number of nitrogens with two attached hydrogens (primary N) is 1. The van der Waals surface area contributed by atoms with Gasteiger partial charge in [-0.1, -0.05) is 18.2 Å². The van der Waals surface area contributed by atoms with Crippen molar-refractivity contribution in [2.45, 2.75) is 6.04 Å². The zero-order chi connectivity index (χ0) is 12.1. The minimum Gasteiger partial charge on any atom is -0.329 e. The standard InChI is InChI=1S/C14H17N3/c1-2-7-16-14(10-15)12-5-6-13-11(9-12)4-3-8-17-13/h2-6,8-9,14,16H,1,7,10,15H2. The average molecular weight is 227 g/mol. The molecule has 1 atom stereocenters. The van der Waals surface area contributed by atoms with E-state index >= 15 is 0 Å². The topological polar surface area (TPSA) is 50.9 Å². The van der Waals surface area contributed by atoms with E-state index in [1.54, 1.807) is 6.20 Å². The number of aromatic nitrogens is 1. The Morgan fingerprint density at radius 2 is 2.29 bits per heavy atom. The van der Waals surface area contributed by atoms with E-state index in [-0.39, 0.29) is 6.04 Å². The summed E-state index contributed by atoms with van der Waals surface area (Å²) >= 11 is 0. The zero-order valence-electron chi connectivity index (χ0n) is 9.76. The van der Waals surface area contributed by atoms with E-state index in [1.165, 1.54) is 5.56 Å². The predicted molar refractivity (Wildman–Crippen MR) is 71.7 cm³/mol. The fourth-order valence-corrected chi connectivity index (χ4v) is 1.87. The van der Waals surface area contributed by atoms with E-state index in [9.17, 15) is 0 Å². The van der Waals surface area contributed by atoms with Crippen LogP contribution in [0.25, 0.3) is 10.9 Å². The first-order valence-electron chi connectivity index (χ1n) is 5.74. The molecule has 2 rings (SSSR count). The molecule has 2 aromatic rings. The molecule has 3 heteroatoms. The second-order valence-corrected chi connectivity index (χ2v) is 3.94. The van der Waals surface area contributed by atoms with Crippen molar-refractivity contribution in [1.29, 1.82) is 0 Å². The summed E-state index contributed by atoms with van der Waals surface area (Å²) in [5.74, 6) is 0. The van der Waals surface area contributed by atoms with Gasteiger partial charge in [-0.15, -0.1) is 6.58 Å². The molecule has 0 bridgehead atoms. The van der Waals surface area contributed by atoms with Crippen molar-refractivity contribution in [3.63, 3.8) is 0 Å². The van der Waals surface area contributed by atoms with Gasteiger partial charge in [-0.05, 0) is 23.8 Å². The molecule has 0 aliphatic carbocycles. The number of rotatable bonds is 5. The van der Waals surface area contributed by atoms with E-state index < -0.39 is 0 Å². The number of nitrogens with one attached hydrogen (secondary N) is 1. The minimum atomic E-state index is 0.164. The van der Waals surface area contributed by atoms with Gasteiger partial charge in [0.05, 0.1) is 5.52 Å². The number of hydrogen-bond acceptors (Lipinski definition) is 3. The fourth-order valence-electron chi connectivity index (χ4n) is 1.87. The van der Waals surface area contributed by atoms with Crippen LogP contribution >= 0.6 is 0 Å². The Bertz CT molecular complexity index is 508. The molecular formula is C14H17N3. The summed E-state index contributed by atoms with van der Waals surface area (Å²) in [5.41, 5.74) is 7.98. The normalized spacial score (nSPS) is 12.5. The van der Waals surface area contributed by atoms with Crippen LogP contribution in [0.15, 0.2) is 49.2 Å². The van der Waals surface area contributed by atoms with Crippen LogP contribution in [0.2, 0.25) is 0 Å². The first-order chi connectivity index (χ1) is 8.35. The molecule has 0 saturated carbocycles. The molecule has 3 nitrogen and oxygen atoms in total. The molecule has 1 aromatic heterocycles. The summed E-state index contributed by atoms with van der Waals surface area (Å²) in [6, 6.07) is 10.4. The van der Waals surface area contributed by atoms with Crippen LogP contribution in [0, 0.1) is 0 Å². The fraction of sp³-hybridized carbons (Fsp3) is 0.214. The van der Waals surface area contributed by atoms with Crippen molar-refractivity contribution in [3.05, 3.63) is 54.7 Å². The van der Waals surface area contributed by atoms with E-state index in [1.807, 2.05) is 18.2 Å². The Hall–Kier alpha value is -1.71. The third kappa shape index (κ3) is 2.70. The molecule has 1 unspecified atom stereocenters. The van der Waals surface area contributed by atoms with E-state index in [0.717, 1.165) is 17.4 Å². The summed E-state index contributed by atoms with van der Waals surface area (Å²) < 4.78 is 0. The van der Waals surface area contributed by atoms with Gasteiger partial charge in [0.1, 0.15) is 0 Å². The lowest BCUT2D eigenvalue weighted by atomic mass is 10.0. The van der Waals surface area contributed by atoms with Crippen molar-refractivity contribution < 1.29 is 0 Å². The van der Waals surface area contributed by atoms with Crippen LogP contribution < -0.4 is 11.1 Å². The van der Waals surface area contributed by atoms with Gasteiger partial charge >= 0.3 is 0 Å². The maximum atomic E-state index is 5.78. The lowest BCUT2D eigenvalue weighted by Gasteiger charge is -2.16. The van der Waals surface area contributed by atoms with Crippen molar-refractivity contribution in [2.24, 2.45) is 5.73 Å². The molecular weight excluding hydrogens is 210 g/mol. The largest absolute Gasteiger partial charge is 0.329 e. The average Bonchev–Trinajstić information content (AvgIpc) is 2.39. The molecule has 0 saturated heterocycles. The number of benzene rings is 1. The summed E-state index contributed by atoms with van der Waals surface area (Å²) in [7, 11) is 0. The molecule has 17 heavy (non-hydrogen) atoms. The lowest BCUT2D eigenvalue weighted by Crippen LogP contribution is -2.28. The van der Waals surface area contributed by atoms with Crippen LogP contribution in [-0.4, -0.2) is 18.1 Å². The first-order valence-corrected chi connectivity index (χ1v) is 5.74. The first kappa shape index (κ1) is 11.8. The van der Waals surface area contributed by atoms with Crippen molar-refractivity contribution >= 4 is 10.9 Å². The summed E-state index contributed by atoms with van der Waals surface area (Å²) in [6.07, 6.45) is 3.64. The van der Waals surface area contributed by atoms with Gasteiger partial charge in [0, 0.05) is 30.7 Å². The zero-order valence-corrected chi connectivity index (χ0v) is 9.76. The molecule has 0 spiro atoms. The summed E-state index contributed by atoms with van der Waals surface area (Å²) in [5, 5.41) is 4.48. The summed E-state index contributed by atoms with van der Waals surface area (Å²) in [4.78, 5) is 4.30. The lowest BCUT2D eigenvalue weighted by molar-refractivity contribution is 0.578. The summed E-state index contributed by atoms with van der Waals surface area (Å²) in [6.45, 7) is 5.02. The minimum absolute atomic E-state index is 0.164. The molecule has 0 aliphatic rings. The van der Waals surface area contributed by atoms with Crippen LogP contribution in [0.5, 0.6) is 0 Å². The van der Waals surface area contributed by atoms with Crippen LogP contribution in [-0.2, 0) is 0 Å². The van der Waals surface area contributed by atoms with E-state index in [0.29, 0.717) is 6.54 Å². The molecule has 1 aromatic carbocycles. The third-order valence-electron chi connectivity index (χ3n) is 2.77. The van der Waals surface area contributed by atoms with Crippen molar-refractivity contribution in [3.8, 4) is 0 Å². The highest BCUT2D eigenvalue weighted by Crippen LogP contribution is 2.18. The SMILES string of the molecule is C=CCNC(CN)c1ccc2ncccc2c1. The Kier molecular flexibility index (Phi) is 3.85. The predicted octanol–water partition coefficient (Wildman–Crippen LogP) is 2.01. The van der Waals surface area contributed by atoms with E-state index in [2.05, 4.69) is 35.1 Å². The second kappa shape index (κ2) is 5.57. The van der Waals surface area contributed by atoms with Gasteiger partial charge in [0.25, 0.3) is 0 Å². The maximum Gasteiger partial charge on any atom is 0.0702 e. The van der Waals surface area contributed by atoms with Crippen molar-refractivity contribution in [2.75, 3.05) is 13.1 Å². The molecule has 0 amide bonds. The monoisotopic (exact) mass is 227 g/mol. The van der Waals surface area contributed by atoms with E-state index in [4.69, 9.17) is 5.73 Å². The highest BCUT2D eigenvalue weighted by Gasteiger charge is 2.08. The number of hydrogen-bond donors (Lipinski definition) is 2. The van der Waals surface area contributed by atoms with Crippen molar-refractivity contribution in [1.82, 2.24) is 10.3 Å². The van der Waals surface area contributed by atoms with Gasteiger partial charge in [0.2, 0.25) is 0 Å². The van der Waals surface area contributed by atoms with Gasteiger partial charge in [-0.3, -0.25) is 4.98 Å².